The van der Waals surface area contributed by atoms with Crippen molar-refractivity contribution in [2.75, 3.05) is 79.0 Å². The molecule has 3 aliphatic heterocycles. The molecule has 0 atom stereocenters. The Kier molecular flexibility index (Phi) is 7.59. The Morgan fingerprint density at radius 3 is 2.48 bits per heavy atom. The molecule has 0 amide bonds. The lowest BCUT2D eigenvalue weighted by molar-refractivity contribution is 0.0982. The van der Waals surface area contributed by atoms with Crippen molar-refractivity contribution in [1.29, 1.82) is 0 Å². The number of fused-ring (bicyclic) bond motifs is 2. The Bertz CT molecular complexity index is 1770. The molecule has 7 rings (SSSR count). The van der Waals surface area contributed by atoms with Crippen LogP contribution in [0.25, 0.3) is 11.0 Å². The minimum atomic E-state index is -3.40. The zero-order valence-corrected chi connectivity index (χ0v) is 26.5. The van der Waals surface area contributed by atoms with Gasteiger partial charge in [-0.25, -0.2) is 8.42 Å². The maximum Gasteiger partial charge on any atom is 0.232 e. The number of piperazine rings is 1. The van der Waals surface area contributed by atoms with Crippen molar-refractivity contribution in [3.63, 3.8) is 0 Å². The topological polar surface area (TPSA) is 113 Å². The highest BCUT2D eigenvalue weighted by molar-refractivity contribution is 7.92. The fraction of sp³-hybridized carbons (Fsp3) is 0.438. The molecular weight excluding hydrogens is 574 g/mol. The average molecular weight is 616 g/mol. The number of likely N-dealkylation sites (N-methyl/N-ethyl adjacent to an activating group) is 1. The number of aryl methyl sites for hydroxylation is 1. The Morgan fingerprint density at radius 2 is 1.73 bits per heavy atom. The van der Waals surface area contributed by atoms with E-state index in [1.807, 2.05) is 30.5 Å². The number of hydrogen-bond donors (Lipinski definition) is 3. The van der Waals surface area contributed by atoms with Crippen LogP contribution in [0.2, 0.25) is 0 Å². The first kappa shape index (κ1) is 28.9. The zero-order valence-electron chi connectivity index (χ0n) is 25.7. The minimum absolute atomic E-state index is 0.437. The second-order valence-corrected chi connectivity index (χ2v) is 14.2. The molecule has 0 unspecified atom stereocenters. The van der Waals surface area contributed by atoms with Crippen LogP contribution in [-0.2, 0) is 16.4 Å². The molecule has 232 valence electrons. The minimum Gasteiger partial charge on any atom is -0.371 e. The number of benzene rings is 2. The van der Waals surface area contributed by atoms with E-state index >= 15 is 0 Å². The molecule has 0 bridgehead atoms. The summed E-state index contributed by atoms with van der Waals surface area (Å²) < 4.78 is 26.5. The van der Waals surface area contributed by atoms with Gasteiger partial charge in [0.2, 0.25) is 16.0 Å². The summed E-state index contributed by atoms with van der Waals surface area (Å²) in [6, 6.07) is 14.9. The van der Waals surface area contributed by atoms with E-state index in [0.29, 0.717) is 47.8 Å². The highest BCUT2D eigenvalue weighted by Crippen LogP contribution is 2.39. The normalized spacial score (nSPS) is 18.6. The maximum atomic E-state index is 12.5. The maximum absolute atomic E-state index is 12.5. The molecule has 2 saturated heterocycles. The van der Waals surface area contributed by atoms with Gasteiger partial charge in [0, 0.05) is 69.4 Å². The first-order valence-electron chi connectivity index (χ1n) is 15.5. The van der Waals surface area contributed by atoms with Gasteiger partial charge in [-0.05, 0) is 74.7 Å². The first-order valence-corrected chi connectivity index (χ1v) is 17.3. The van der Waals surface area contributed by atoms with Crippen LogP contribution in [0, 0.1) is 6.92 Å². The molecule has 0 spiro atoms. The van der Waals surface area contributed by atoms with Crippen LogP contribution in [-0.4, -0.2) is 98.3 Å². The number of para-hydroxylation sites is 1. The summed E-state index contributed by atoms with van der Waals surface area (Å²) in [6.45, 7) is 9.45. The lowest BCUT2D eigenvalue weighted by Gasteiger charge is -2.43. The third kappa shape index (κ3) is 5.69. The van der Waals surface area contributed by atoms with Gasteiger partial charge in [0.25, 0.3) is 0 Å². The number of H-pyrrole nitrogens is 1. The third-order valence-corrected chi connectivity index (χ3v) is 10.5. The number of sulfonamides is 1. The lowest BCUT2D eigenvalue weighted by Crippen LogP contribution is -2.52. The van der Waals surface area contributed by atoms with E-state index in [-0.39, 0.29) is 0 Å². The van der Waals surface area contributed by atoms with E-state index in [1.54, 1.807) is 0 Å². The van der Waals surface area contributed by atoms with Gasteiger partial charge in [-0.2, -0.15) is 9.97 Å². The number of aromatic nitrogens is 3. The summed E-state index contributed by atoms with van der Waals surface area (Å²) in [4.78, 5) is 20.4. The zero-order chi connectivity index (χ0) is 30.4. The standard InChI is InChI=1S/C32H41N9O2S/c1-22-21-24(7-8-28(22)40-14-11-25(12-15-40)39-19-17-38(2)18-20-39)34-32-36-30-26(9-13-33-30)31(37-32)35-27-6-4-5-23-10-16-41(29(23)27)44(3,42)43/h4-9,13,21,25H,10-12,14-20H2,1-3H3,(H3,33,34,35,36,37). The largest absolute Gasteiger partial charge is 0.371 e. The summed E-state index contributed by atoms with van der Waals surface area (Å²) in [6.07, 6.45) is 6.17. The van der Waals surface area contributed by atoms with Crippen molar-refractivity contribution in [2.24, 2.45) is 0 Å². The molecule has 3 N–H and O–H groups in total. The van der Waals surface area contributed by atoms with Gasteiger partial charge in [-0.1, -0.05) is 12.1 Å². The first-order chi connectivity index (χ1) is 21.2. The van der Waals surface area contributed by atoms with Gasteiger partial charge in [-0.3, -0.25) is 9.21 Å². The van der Waals surface area contributed by atoms with Crippen LogP contribution in [0.5, 0.6) is 0 Å². The fourth-order valence-electron chi connectivity index (χ4n) is 6.95. The molecule has 4 aromatic rings. The highest BCUT2D eigenvalue weighted by atomic mass is 32.2. The molecule has 0 aliphatic carbocycles. The van der Waals surface area contributed by atoms with E-state index < -0.39 is 10.0 Å². The van der Waals surface area contributed by atoms with Crippen LogP contribution in [0.4, 0.5) is 34.5 Å². The Hall–Kier alpha value is -3.87. The smallest absolute Gasteiger partial charge is 0.232 e. The van der Waals surface area contributed by atoms with E-state index in [1.165, 1.54) is 60.8 Å². The Morgan fingerprint density at radius 1 is 0.932 bits per heavy atom. The Labute approximate surface area is 259 Å². The van der Waals surface area contributed by atoms with Crippen molar-refractivity contribution in [3.05, 3.63) is 59.8 Å². The molecule has 3 aliphatic rings. The summed E-state index contributed by atoms with van der Waals surface area (Å²) in [5, 5.41) is 7.65. The molecule has 2 aromatic carbocycles. The van der Waals surface area contributed by atoms with Gasteiger partial charge in [-0.15, -0.1) is 0 Å². The van der Waals surface area contributed by atoms with E-state index in [9.17, 15) is 8.42 Å². The molecule has 11 nitrogen and oxygen atoms in total. The number of anilines is 6. The van der Waals surface area contributed by atoms with Crippen molar-refractivity contribution >= 4 is 55.6 Å². The van der Waals surface area contributed by atoms with Crippen LogP contribution in [0.15, 0.2) is 48.7 Å². The average Bonchev–Trinajstić information content (AvgIpc) is 3.66. The highest BCUT2D eigenvalue weighted by Gasteiger charge is 2.30. The summed E-state index contributed by atoms with van der Waals surface area (Å²) in [5.74, 6) is 1.05. The third-order valence-electron chi connectivity index (χ3n) is 9.33. The molecule has 5 heterocycles. The molecule has 0 saturated carbocycles. The van der Waals surface area contributed by atoms with Crippen molar-refractivity contribution in [2.45, 2.75) is 32.2 Å². The van der Waals surface area contributed by atoms with Crippen molar-refractivity contribution < 1.29 is 8.42 Å². The van der Waals surface area contributed by atoms with Gasteiger partial charge < -0.3 is 25.4 Å². The molecule has 2 fully saturated rings. The van der Waals surface area contributed by atoms with Crippen molar-refractivity contribution in [1.82, 2.24) is 24.8 Å². The lowest BCUT2D eigenvalue weighted by atomic mass is 10.0. The molecular formula is C32H41N9O2S. The summed E-state index contributed by atoms with van der Waals surface area (Å²) in [7, 11) is -1.19. The number of hydrogen-bond acceptors (Lipinski definition) is 9. The molecule has 44 heavy (non-hydrogen) atoms. The van der Waals surface area contributed by atoms with Crippen LogP contribution in [0.1, 0.15) is 24.0 Å². The number of piperidine rings is 1. The summed E-state index contributed by atoms with van der Waals surface area (Å²) >= 11 is 0. The predicted octanol–water partition coefficient (Wildman–Crippen LogP) is 4.29. The van der Waals surface area contributed by atoms with Crippen LogP contribution < -0.4 is 19.8 Å². The fourth-order valence-corrected chi connectivity index (χ4v) is 7.92. The SMILES string of the molecule is Cc1cc(Nc2nc(Nc3cccc4c3N(S(C)(=O)=O)CC4)c3cc[nH]c3n2)ccc1N1CCC(N2CCN(C)CC2)CC1. The number of aromatic amines is 1. The van der Waals surface area contributed by atoms with Gasteiger partial charge >= 0.3 is 0 Å². The monoisotopic (exact) mass is 615 g/mol. The van der Waals surface area contributed by atoms with E-state index in [0.717, 1.165) is 29.7 Å². The molecule has 0 radical (unpaired) electrons. The number of nitrogens with zero attached hydrogens (tertiary/aromatic N) is 6. The van der Waals surface area contributed by atoms with E-state index in [2.05, 4.69) is 62.5 Å². The molecule has 12 heteroatoms. The predicted molar refractivity (Wildman–Crippen MR) is 178 cm³/mol. The summed E-state index contributed by atoms with van der Waals surface area (Å²) in [5.41, 5.74) is 6.49. The second-order valence-electron chi connectivity index (χ2n) is 12.3. The van der Waals surface area contributed by atoms with Crippen LogP contribution in [0.3, 0.4) is 0 Å². The van der Waals surface area contributed by atoms with Crippen molar-refractivity contribution in [3.8, 4) is 0 Å². The second kappa shape index (κ2) is 11.6. The Balaban J connectivity index is 1.08. The van der Waals surface area contributed by atoms with E-state index in [4.69, 9.17) is 9.97 Å². The quantitative estimate of drug-likeness (QED) is 0.280. The number of rotatable bonds is 7. The number of nitrogens with one attached hydrogen (secondary N) is 3. The van der Waals surface area contributed by atoms with Gasteiger partial charge in [0.05, 0.1) is 23.0 Å². The van der Waals surface area contributed by atoms with Gasteiger partial charge in [0.1, 0.15) is 11.5 Å². The van der Waals surface area contributed by atoms with Gasteiger partial charge in [0.15, 0.2) is 0 Å². The molecule has 2 aromatic heterocycles. The van der Waals surface area contributed by atoms with Crippen LogP contribution >= 0.6 is 0 Å².